The van der Waals surface area contributed by atoms with E-state index in [-0.39, 0.29) is 22.5 Å². The molecule has 0 atom stereocenters. The molecule has 1 N–H and O–H groups in total. The highest BCUT2D eigenvalue weighted by Gasteiger charge is 2.38. The van der Waals surface area contributed by atoms with Gasteiger partial charge in [0.2, 0.25) is 5.91 Å². The smallest absolute Gasteiger partial charge is 0.308 e. The van der Waals surface area contributed by atoms with E-state index in [9.17, 15) is 18.0 Å². The zero-order valence-corrected chi connectivity index (χ0v) is 16.8. The largest absolute Gasteiger partial charge is 0.436 e. The molecule has 0 aliphatic rings. The number of anilines is 1. The van der Waals surface area contributed by atoms with Crippen molar-refractivity contribution in [1.29, 1.82) is 0 Å². The third-order valence-corrected chi connectivity index (χ3v) is 5.02. The van der Waals surface area contributed by atoms with E-state index < -0.39 is 17.8 Å². The maximum absolute atomic E-state index is 12.9. The van der Waals surface area contributed by atoms with Crippen molar-refractivity contribution in [2.75, 3.05) is 5.32 Å². The highest BCUT2D eigenvalue weighted by molar-refractivity contribution is 9.10. The average molecular weight is 477 g/mol. The van der Waals surface area contributed by atoms with Gasteiger partial charge in [-0.3, -0.25) is 14.2 Å². The lowest BCUT2D eigenvalue weighted by Crippen LogP contribution is -2.21. The number of benzene rings is 1. The molecule has 3 aromatic rings. The van der Waals surface area contributed by atoms with Crippen molar-refractivity contribution < 1.29 is 18.0 Å². The number of nitrogens with one attached hydrogen (secondary N) is 1. The minimum atomic E-state index is -4.61. The molecule has 1 aromatic carbocycles. The predicted molar refractivity (Wildman–Crippen MR) is 101 cm³/mol. The molecule has 0 saturated carbocycles. The molecular weight excluding hydrogens is 463 g/mol. The number of aromatic nitrogens is 4. The van der Waals surface area contributed by atoms with Gasteiger partial charge in [0.05, 0.1) is 16.7 Å². The van der Waals surface area contributed by atoms with E-state index in [1.807, 2.05) is 12.1 Å². The molecule has 2 heterocycles. The van der Waals surface area contributed by atoms with Gasteiger partial charge in [-0.05, 0) is 40.5 Å². The molecule has 6 nitrogen and oxygen atoms in total. The van der Waals surface area contributed by atoms with E-state index in [0.29, 0.717) is 11.6 Å². The van der Waals surface area contributed by atoms with Gasteiger partial charge in [0.15, 0.2) is 11.5 Å². The lowest BCUT2D eigenvalue weighted by atomic mass is 10.2. The van der Waals surface area contributed by atoms with Crippen LogP contribution >= 0.6 is 27.5 Å². The average Bonchev–Trinajstić information content (AvgIpc) is 3.13. The van der Waals surface area contributed by atoms with E-state index in [0.717, 1.165) is 10.2 Å². The van der Waals surface area contributed by atoms with Crippen LogP contribution in [-0.4, -0.2) is 25.5 Å². The molecule has 0 aliphatic heterocycles. The zero-order valence-electron chi connectivity index (χ0n) is 14.5. The predicted octanol–water partition coefficient (Wildman–Crippen LogP) is 4.51. The van der Waals surface area contributed by atoms with Crippen LogP contribution in [0.1, 0.15) is 17.0 Å². The molecule has 0 unspecified atom stereocenters. The Bertz CT molecular complexity index is 1010. The SMILES string of the molecule is Cc1c(Br)c(C(F)(F)F)nn1CC(=O)Nc1ccn(Cc2cccc(Cl)c2)n1. The lowest BCUT2D eigenvalue weighted by molar-refractivity contribution is -0.142. The Morgan fingerprint density at radius 1 is 1.29 bits per heavy atom. The molecule has 0 radical (unpaired) electrons. The van der Waals surface area contributed by atoms with Crippen molar-refractivity contribution in [2.45, 2.75) is 26.2 Å². The van der Waals surface area contributed by atoms with Crippen LogP contribution in [0.2, 0.25) is 5.02 Å². The van der Waals surface area contributed by atoms with Crippen molar-refractivity contribution in [1.82, 2.24) is 19.6 Å². The Labute approximate surface area is 171 Å². The van der Waals surface area contributed by atoms with Gasteiger partial charge < -0.3 is 5.32 Å². The molecule has 0 bridgehead atoms. The van der Waals surface area contributed by atoms with Crippen LogP contribution in [0.4, 0.5) is 19.0 Å². The van der Waals surface area contributed by atoms with E-state index in [4.69, 9.17) is 11.6 Å². The van der Waals surface area contributed by atoms with Gasteiger partial charge in [0, 0.05) is 17.3 Å². The summed E-state index contributed by atoms with van der Waals surface area (Å²) in [6, 6.07) is 8.87. The van der Waals surface area contributed by atoms with Crippen LogP contribution in [0.3, 0.4) is 0 Å². The van der Waals surface area contributed by atoms with E-state index in [1.165, 1.54) is 6.92 Å². The molecule has 0 aliphatic carbocycles. The van der Waals surface area contributed by atoms with Gasteiger partial charge in [-0.15, -0.1) is 0 Å². The number of halogens is 5. The number of carbonyl (C=O) groups excluding carboxylic acids is 1. The van der Waals surface area contributed by atoms with Crippen LogP contribution in [0.5, 0.6) is 0 Å². The van der Waals surface area contributed by atoms with E-state index >= 15 is 0 Å². The molecular formula is C17H14BrClF3N5O. The summed E-state index contributed by atoms with van der Waals surface area (Å²) >= 11 is 8.82. The molecule has 3 rings (SSSR count). The first-order valence-corrected chi connectivity index (χ1v) is 9.18. The van der Waals surface area contributed by atoms with Crippen LogP contribution < -0.4 is 5.32 Å². The van der Waals surface area contributed by atoms with E-state index in [2.05, 4.69) is 31.4 Å². The van der Waals surface area contributed by atoms with Crippen LogP contribution in [0, 0.1) is 6.92 Å². The van der Waals surface area contributed by atoms with Gasteiger partial charge in [-0.1, -0.05) is 23.7 Å². The van der Waals surface area contributed by atoms with Gasteiger partial charge >= 0.3 is 6.18 Å². The van der Waals surface area contributed by atoms with Crippen molar-refractivity contribution in [3.8, 4) is 0 Å². The first kappa shape index (κ1) is 20.4. The fourth-order valence-corrected chi connectivity index (χ4v) is 3.24. The number of carbonyl (C=O) groups is 1. The standard InChI is InChI=1S/C17H14BrClF3N5O/c1-10-15(18)16(17(20,21)22)25-27(10)9-14(28)23-13-5-6-26(24-13)8-11-3-2-4-12(19)7-11/h2-7H,8-9H2,1H3,(H,23,24,28). The molecule has 0 fully saturated rings. The van der Waals surface area contributed by atoms with E-state index in [1.54, 1.807) is 29.1 Å². The summed E-state index contributed by atoms with van der Waals surface area (Å²) in [7, 11) is 0. The number of hydrogen-bond acceptors (Lipinski definition) is 3. The Kier molecular flexibility index (Phi) is 5.80. The Hall–Kier alpha value is -2.33. The summed E-state index contributed by atoms with van der Waals surface area (Å²) in [6.07, 6.45) is -2.93. The molecule has 0 spiro atoms. The number of hydrogen-bond donors (Lipinski definition) is 1. The lowest BCUT2D eigenvalue weighted by Gasteiger charge is -2.05. The number of amides is 1. The van der Waals surface area contributed by atoms with Crippen LogP contribution in [0.25, 0.3) is 0 Å². The van der Waals surface area contributed by atoms with Crippen molar-refractivity contribution in [3.63, 3.8) is 0 Å². The first-order chi connectivity index (χ1) is 13.1. The topological polar surface area (TPSA) is 64.7 Å². The van der Waals surface area contributed by atoms with Gasteiger partial charge in [0.25, 0.3) is 0 Å². The van der Waals surface area contributed by atoms with Crippen molar-refractivity contribution in [3.05, 3.63) is 63.0 Å². The second-order valence-corrected chi connectivity index (χ2v) is 7.21. The molecule has 11 heteroatoms. The molecule has 2 aromatic heterocycles. The molecule has 148 valence electrons. The monoisotopic (exact) mass is 475 g/mol. The summed E-state index contributed by atoms with van der Waals surface area (Å²) in [5, 5.41) is 10.9. The number of alkyl halides is 3. The highest BCUT2D eigenvalue weighted by Crippen LogP contribution is 2.35. The third kappa shape index (κ3) is 4.74. The molecule has 1 amide bonds. The maximum Gasteiger partial charge on any atom is 0.436 e. The summed E-state index contributed by atoms with van der Waals surface area (Å²) in [5.74, 6) is -0.258. The van der Waals surface area contributed by atoms with Crippen molar-refractivity contribution >= 4 is 39.3 Å². The third-order valence-electron chi connectivity index (χ3n) is 3.84. The number of nitrogens with zero attached hydrogens (tertiary/aromatic N) is 4. The highest BCUT2D eigenvalue weighted by atomic mass is 79.9. The number of rotatable bonds is 5. The van der Waals surface area contributed by atoms with Crippen LogP contribution in [-0.2, 0) is 24.1 Å². The molecule has 0 saturated heterocycles. The fourth-order valence-electron chi connectivity index (χ4n) is 2.52. The second kappa shape index (κ2) is 7.96. The first-order valence-electron chi connectivity index (χ1n) is 8.01. The minimum Gasteiger partial charge on any atom is -0.308 e. The second-order valence-electron chi connectivity index (χ2n) is 5.98. The maximum atomic E-state index is 12.9. The van der Waals surface area contributed by atoms with Gasteiger partial charge in [0.1, 0.15) is 6.54 Å². The normalized spacial score (nSPS) is 11.6. The van der Waals surface area contributed by atoms with Gasteiger partial charge in [-0.2, -0.15) is 23.4 Å². The van der Waals surface area contributed by atoms with Gasteiger partial charge in [-0.25, -0.2) is 0 Å². The quantitative estimate of drug-likeness (QED) is 0.589. The fraction of sp³-hybridized carbons (Fsp3) is 0.235. The van der Waals surface area contributed by atoms with Crippen molar-refractivity contribution in [2.24, 2.45) is 0 Å². The molecule has 28 heavy (non-hydrogen) atoms. The Morgan fingerprint density at radius 3 is 2.68 bits per heavy atom. The zero-order chi connectivity index (χ0) is 20.5. The summed E-state index contributed by atoms with van der Waals surface area (Å²) in [4.78, 5) is 12.2. The summed E-state index contributed by atoms with van der Waals surface area (Å²) in [5.41, 5.74) is 0.0720. The Morgan fingerprint density at radius 2 is 2.04 bits per heavy atom. The summed E-state index contributed by atoms with van der Waals surface area (Å²) < 4.78 is 41.1. The Balaban J connectivity index is 1.65. The van der Waals surface area contributed by atoms with Crippen LogP contribution in [0.15, 0.2) is 41.0 Å². The summed E-state index contributed by atoms with van der Waals surface area (Å²) in [6.45, 7) is 1.53. The minimum absolute atomic E-state index is 0.182.